The number of hydrogen-bond donors (Lipinski definition) is 0. The van der Waals surface area contributed by atoms with Crippen LogP contribution in [0.2, 0.25) is 0 Å². The van der Waals surface area contributed by atoms with Gasteiger partial charge in [-0.3, -0.25) is 0 Å². The molecule has 6 nitrogen and oxygen atoms in total. The molecule has 0 atom stereocenters. The highest BCUT2D eigenvalue weighted by Gasteiger charge is 2.15. The molecule has 0 N–H and O–H groups in total. The summed E-state index contributed by atoms with van der Waals surface area (Å²) >= 11 is 0. The van der Waals surface area contributed by atoms with Crippen molar-refractivity contribution in [2.24, 2.45) is 0 Å². The Kier molecular flexibility index (Phi) is 8.72. The Bertz CT molecular complexity index is 1600. The molecular formula is C36H26BO6. The van der Waals surface area contributed by atoms with E-state index in [1.54, 1.807) is 36.4 Å². The molecule has 0 aliphatic heterocycles. The van der Waals surface area contributed by atoms with Gasteiger partial charge in [-0.15, -0.1) is 0 Å². The second-order valence-corrected chi connectivity index (χ2v) is 9.21. The average molecular weight is 565 g/mol. The first-order valence-corrected chi connectivity index (χ1v) is 13.6. The first-order valence-electron chi connectivity index (χ1n) is 13.6. The lowest BCUT2D eigenvalue weighted by Gasteiger charge is -2.16. The molecule has 0 bridgehead atoms. The van der Waals surface area contributed by atoms with Gasteiger partial charge in [-0.1, -0.05) is 72.8 Å². The summed E-state index contributed by atoms with van der Waals surface area (Å²) in [6, 6.07) is 48.6. The molecule has 0 aliphatic rings. The third-order valence-electron chi connectivity index (χ3n) is 6.08. The Labute approximate surface area is 250 Å². The second kappa shape index (κ2) is 13.7. The topological polar surface area (TPSA) is 55.4 Å². The molecule has 0 fully saturated rings. The van der Waals surface area contributed by atoms with Gasteiger partial charge in [-0.25, -0.2) is 0 Å². The Morgan fingerprint density at radius 2 is 0.605 bits per heavy atom. The quantitative estimate of drug-likeness (QED) is 0.138. The molecule has 6 rings (SSSR count). The highest BCUT2D eigenvalue weighted by Crippen LogP contribution is 2.38. The third-order valence-corrected chi connectivity index (χ3v) is 6.08. The summed E-state index contributed by atoms with van der Waals surface area (Å²) in [5.41, 5.74) is 0. The minimum atomic E-state index is 0.429. The fraction of sp³-hybridized carbons (Fsp3) is 0. The number of ether oxygens (including phenoxy) is 4. The highest BCUT2D eigenvalue weighted by atomic mass is 16.6. The van der Waals surface area contributed by atoms with Crippen molar-refractivity contribution in [1.29, 1.82) is 0 Å². The monoisotopic (exact) mass is 565 g/mol. The Morgan fingerprint density at radius 1 is 0.279 bits per heavy atom. The van der Waals surface area contributed by atoms with E-state index in [4.69, 9.17) is 28.3 Å². The van der Waals surface area contributed by atoms with Crippen LogP contribution in [0.4, 0.5) is 0 Å². The van der Waals surface area contributed by atoms with E-state index >= 15 is 0 Å². The minimum Gasteiger partial charge on any atom is -0.524 e. The van der Waals surface area contributed by atoms with Crippen LogP contribution in [-0.4, -0.2) is 7.69 Å². The molecule has 7 heteroatoms. The largest absolute Gasteiger partial charge is 0.658 e. The maximum Gasteiger partial charge on any atom is 0.658 e. The van der Waals surface area contributed by atoms with Crippen molar-refractivity contribution in [2.45, 2.75) is 0 Å². The van der Waals surface area contributed by atoms with Crippen molar-refractivity contribution in [2.75, 3.05) is 0 Å². The number of para-hydroxylation sites is 4. The molecule has 1 radical (unpaired) electrons. The maximum atomic E-state index is 6.14. The second-order valence-electron chi connectivity index (χ2n) is 9.21. The molecule has 0 unspecified atom stereocenters. The molecule has 0 spiro atoms. The van der Waals surface area contributed by atoms with Gasteiger partial charge in [0.2, 0.25) is 0 Å². The Balaban J connectivity index is 1.20. The summed E-state index contributed by atoms with van der Waals surface area (Å²) in [6.07, 6.45) is 0. The molecular weight excluding hydrogens is 539 g/mol. The molecule has 0 amide bonds. The van der Waals surface area contributed by atoms with Crippen molar-refractivity contribution in [1.82, 2.24) is 0 Å². The van der Waals surface area contributed by atoms with Gasteiger partial charge < -0.3 is 28.3 Å². The van der Waals surface area contributed by atoms with Gasteiger partial charge in [0.05, 0.1) is 0 Å². The molecule has 209 valence electrons. The summed E-state index contributed by atoms with van der Waals surface area (Å²) in [6.45, 7) is 0. The predicted molar refractivity (Wildman–Crippen MR) is 166 cm³/mol. The van der Waals surface area contributed by atoms with Crippen LogP contribution < -0.4 is 28.3 Å². The van der Waals surface area contributed by atoms with E-state index in [1.165, 1.54) is 7.69 Å². The Hall–Kier alpha value is -5.82. The van der Waals surface area contributed by atoms with E-state index in [0.29, 0.717) is 57.5 Å². The molecule has 0 saturated heterocycles. The first kappa shape index (κ1) is 27.4. The van der Waals surface area contributed by atoms with E-state index < -0.39 is 0 Å². The van der Waals surface area contributed by atoms with Gasteiger partial charge in [0.15, 0.2) is 11.5 Å². The van der Waals surface area contributed by atoms with Crippen LogP contribution in [0.5, 0.6) is 57.5 Å². The fourth-order valence-electron chi connectivity index (χ4n) is 4.07. The summed E-state index contributed by atoms with van der Waals surface area (Å²) in [5, 5.41) is 0. The van der Waals surface area contributed by atoms with E-state index in [1.807, 2.05) is 121 Å². The predicted octanol–water partition coefficient (Wildman–Crippen LogP) is 9.85. The Morgan fingerprint density at radius 3 is 0.953 bits per heavy atom. The summed E-state index contributed by atoms with van der Waals surface area (Å²) in [4.78, 5) is 0. The number of benzene rings is 6. The molecule has 0 heterocycles. The van der Waals surface area contributed by atoms with Crippen molar-refractivity contribution in [3.8, 4) is 57.5 Å². The minimum absolute atomic E-state index is 0.429. The maximum absolute atomic E-state index is 6.14. The van der Waals surface area contributed by atoms with E-state index in [-0.39, 0.29) is 0 Å². The summed E-state index contributed by atoms with van der Waals surface area (Å²) in [7, 11) is 1.23. The zero-order chi connectivity index (χ0) is 29.1. The molecule has 0 aromatic heterocycles. The van der Waals surface area contributed by atoms with Crippen LogP contribution >= 0.6 is 0 Å². The van der Waals surface area contributed by atoms with Crippen LogP contribution in [0.15, 0.2) is 158 Å². The fourth-order valence-corrected chi connectivity index (χ4v) is 4.07. The lowest BCUT2D eigenvalue weighted by atomic mass is 10.2. The summed E-state index contributed by atoms with van der Waals surface area (Å²) in [5.74, 6) is 5.67. The van der Waals surface area contributed by atoms with E-state index in [0.717, 1.165) is 0 Å². The molecule has 0 saturated carbocycles. The lowest BCUT2D eigenvalue weighted by Crippen LogP contribution is -2.12. The normalized spacial score (nSPS) is 10.3. The van der Waals surface area contributed by atoms with Crippen molar-refractivity contribution in [3.05, 3.63) is 158 Å². The standard InChI is InChI=1S/C36H26BO6/c1-5-13-27(14-6-1)38-31-21-23-33(35(25-31)40-29-17-9-3-10-18-29)42-37-43-34-24-22-32(39-28-15-7-2-8-16-28)26-36(34)41-30-19-11-4-12-20-30/h1-26H. The number of hydrogen-bond acceptors (Lipinski definition) is 6. The van der Waals surface area contributed by atoms with Crippen LogP contribution in [0.3, 0.4) is 0 Å². The zero-order valence-electron chi connectivity index (χ0n) is 23.0. The van der Waals surface area contributed by atoms with Crippen molar-refractivity contribution < 1.29 is 28.3 Å². The first-order chi connectivity index (χ1) is 21.3. The van der Waals surface area contributed by atoms with Crippen LogP contribution in [-0.2, 0) is 0 Å². The van der Waals surface area contributed by atoms with E-state index in [2.05, 4.69) is 0 Å². The van der Waals surface area contributed by atoms with Gasteiger partial charge >= 0.3 is 7.69 Å². The van der Waals surface area contributed by atoms with Crippen LogP contribution in [0.25, 0.3) is 0 Å². The molecule has 6 aromatic carbocycles. The lowest BCUT2D eigenvalue weighted by molar-refractivity contribution is 0.399. The van der Waals surface area contributed by atoms with Gasteiger partial charge in [0, 0.05) is 12.1 Å². The molecule has 43 heavy (non-hydrogen) atoms. The SMILES string of the molecule is [B](Oc1ccc(Oc2ccccc2)cc1Oc1ccccc1)Oc1ccc(Oc2ccccc2)cc1Oc1ccccc1. The average Bonchev–Trinajstić information content (AvgIpc) is 3.05. The van der Waals surface area contributed by atoms with Crippen molar-refractivity contribution >= 4 is 7.69 Å². The van der Waals surface area contributed by atoms with Crippen LogP contribution in [0, 0.1) is 0 Å². The van der Waals surface area contributed by atoms with Crippen molar-refractivity contribution in [3.63, 3.8) is 0 Å². The van der Waals surface area contributed by atoms with Gasteiger partial charge in [0.25, 0.3) is 0 Å². The zero-order valence-corrected chi connectivity index (χ0v) is 23.0. The highest BCUT2D eigenvalue weighted by molar-refractivity contribution is 6.21. The molecule has 0 aliphatic carbocycles. The van der Waals surface area contributed by atoms with Gasteiger partial charge in [-0.2, -0.15) is 0 Å². The van der Waals surface area contributed by atoms with Crippen LogP contribution in [0.1, 0.15) is 0 Å². The smallest absolute Gasteiger partial charge is 0.524 e. The van der Waals surface area contributed by atoms with Gasteiger partial charge in [0.1, 0.15) is 46.0 Å². The number of rotatable bonds is 12. The van der Waals surface area contributed by atoms with E-state index in [9.17, 15) is 0 Å². The summed E-state index contributed by atoms with van der Waals surface area (Å²) < 4.78 is 36.2. The van der Waals surface area contributed by atoms with Gasteiger partial charge in [-0.05, 0) is 72.8 Å². The molecule has 6 aromatic rings. The third kappa shape index (κ3) is 7.68.